The smallest absolute Gasteiger partial charge is 0.259 e. The predicted octanol–water partition coefficient (Wildman–Crippen LogP) is 2.10. The molecule has 0 amide bonds. The maximum absolute atomic E-state index is 12.0. The van der Waals surface area contributed by atoms with Crippen molar-refractivity contribution in [3.05, 3.63) is 63.0 Å². The Morgan fingerprint density at radius 2 is 2.10 bits per heavy atom. The Kier molecular flexibility index (Phi) is 3.72. The van der Waals surface area contributed by atoms with Gasteiger partial charge >= 0.3 is 0 Å². The van der Waals surface area contributed by atoms with Gasteiger partial charge in [-0.15, -0.1) is 11.3 Å². The van der Waals surface area contributed by atoms with Crippen LogP contribution in [0.15, 0.2) is 40.5 Å². The second-order valence-corrected chi connectivity index (χ2v) is 5.55. The number of nitrogens with two attached hydrogens (primary N) is 1. The third-order valence-corrected chi connectivity index (χ3v) is 4.12. The molecule has 5 nitrogen and oxygen atoms in total. The van der Waals surface area contributed by atoms with Crippen molar-refractivity contribution in [1.82, 2.24) is 9.38 Å². The molecule has 0 spiro atoms. The molecule has 2 heterocycles. The van der Waals surface area contributed by atoms with Crippen LogP contribution in [0.1, 0.15) is 17.0 Å². The van der Waals surface area contributed by atoms with Crippen molar-refractivity contribution in [2.75, 3.05) is 0 Å². The van der Waals surface area contributed by atoms with E-state index in [-0.39, 0.29) is 12.2 Å². The maximum atomic E-state index is 12.0. The molecule has 1 aromatic carbocycles. The summed E-state index contributed by atoms with van der Waals surface area (Å²) in [6.07, 6.45) is 0. The molecule has 2 aromatic heterocycles. The summed E-state index contributed by atoms with van der Waals surface area (Å²) in [5, 5.41) is 1.92. The Labute approximate surface area is 125 Å². The fraction of sp³-hybridized carbons (Fsp3) is 0.200. The van der Waals surface area contributed by atoms with Gasteiger partial charge in [-0.3, -0.25) is 9.20 Å². The van der Waals surface area contributed by atoms with Gasteiger partial charge in [-0.05, 0) is 24.6 Å². The number of hydrogen-bond donors (Lipinski definition) is 1. The molecule has 0 aliphatic carbocycles. The lowest BCUT2D eigenvalue weighted by atomic mass is 10.2. The van der Waals surface area contributed by atoms with Crippen LogP contribution in [-0.2, 0) is 13.2 Å². The van der Waals surface area contributed by atoms with Crippen LogP contribution < -0.4 is 16.0 Å². The highest BCUT2D eigenvalue weighted by molar-refractivity contribution is 7.15. The molecular formula is C15H15N3O2S. The molecule has 0 aliphatic heterocycles. The lowest BCUT2D eigenvalue weighted by Crippen LogP contribution is -2.15. The Morgan fingerprint density at radius 3 is 2.81 bits per heavy atom. The van der Waals surface area contributed by atoms with E-state index >= 15 is 0 Å². The number of rotatable bonds is 4. The van der Waals surface area contributed by atoms with E-state index in [0.717, 1.165) is 17.0 Å². The number of nitrogens with zero attached hydrogens (tertiary/aromatic N) is 2. The quantitative estimate of drug-likeness (QED) is 0.801. The molecule has 0 bridgehead atoms. The van der Waals surface area contributed by atoms with Crippen molar-refractivity contribution in [1.29, 1.82) is 0 Å². The zero-order chi connectivity index (χ0) is 14.8. The van der Waals surface area contributed by atoms with Crippen LogP contribution in [0.2, 0.25) is 0 Å². The average Bonchev–Trinajstić information content (AvgIpc) is 2.87. The molecule has 21 heavy (non-hydrogen) atoms. The van der Waals surface area contributed by atoms with Crippen molar-refractivity contribution in [3.8, 4) is 5.75 Å². The van der Waals surface area contributed by atoms with Crippen LogP contribution in [0, 0.1) is 6.92 Å². The van der Waals surface area contributed by atoms with Gasteiger partial charge in [0, 0.05) is 23.7 Å². The van der Waals surface area contributed by atoms with Crippen molar-refractivity contribution < 1.29 is 4.74 Å². The molecule has 0 fully saturated rings. The van der Waals surface area contributed by atoms with Gasteiger partial charge in [0.05, 0.1) is 5.69 Å². The zero-order valence-electron chi connectivity index (χ0n) is 11.6. The summed E-state index contributed by atoms with van der Waals surface area (Å²) in [7, 11) is 0. The molecule has 2 N–H and O–H groups in total. The minimum atomic E-state index is -0.0733. The lowest BCUT2D eigenvalue weighted by molar-refractivity contribution is 0.301. The van der Waals surface area contributed by atoms with Crippen molar-refractivity contribution in [3.63, 3.8) is 0 Å². The lowest BCUT2D eigenvalue weighted by Gasteiger charge is -2.06. The Balaban J connectivity index is 1.80. The summed E-state index contributed by atoms with van der Waals surface area (Å²) in [4.78, 5) is 17.2. The summed E-state index contributed by atoms with van der Waals surface area (Å²) >= 11 is 1.45. The van der Waals surface area contributed by atoms with Crippen molar-refractivity contribution in [2.45, 2.75) is 20.1 Å². The van der Waals surface area contributed by atoms with Crippen LogP contribution in [0.3, 0.4) is 0 Å². The first-order chi connectivity index (χ1) is 10.2. The number of benzene rings is 1. The van der Waals surface area contributed by atoms with Crippen LogP contribution in [0.4, 0.5) is 0 Å². The summed E-state index contributed by atoms with van der Waals surface area (Å²) in [5.41, 5.74) is 8.06. The molecule has 0 atom stereocenters. The van der Waals surface area contributed by atoms with Gasteiger partial charge in [0.25, 0.3) is 5.56 Å². The topological polar surface area (TPSA) is 69.6 Å². The van der Waals surface area contributed by atoms with Crippen molar-refractivity contribution >= 4 is 16.3 Å². The van der Waals surface area contributed by atoms with Gasteiger partial charge in [-0.2, -0.15) is 0 Å². The third-order valence-electron chi connectivity index (χ3n) is 3.17. The summed E-state index contributed by atoms with van der Waals surface area (Å²) in [5.74, 6) is 0.733. The average molecular weight is 301 g/mol. The van der Waals surface area contributed by atoms with Gasteiger partial charge < -0.3 is 10.5 Å². The van der Waals surface area contributed by atoms with Gasteiger partial charge in [0.1, 0.15) is 12.4 Å². The summed E-state index contributed by atoms with van der Waals surface area (Å²) in [6, 6.07) is 9.08. The molecular weight excluding hydrogens is 286 g/mol. The Bertz CT molecular complexity index is 821. The number of hydrogen-bond acceptors (Lipinski definition) is 5. The first kappa shape index (κ1) is 13.8. The number of thiazole rings is 1. The number of aryl methyl sites for hydroxylation is 1. The highest BCUT2D eigenvalue weighted by atomic mass is 32.1. The molecule has 0 saturated carbocycles. The molecule has 3 rings (SSSR count). The van der Waals surface area contributed by atoms with Crippen LogP contribution >= 0.6 is 11.3 Å². The standard InChI is InChI=1S/C15H15N3O2S/c1-10-9-21-15-17-12(6-14(19)18(10)15)8-20-13-4-2-11(7-16)3-5-13/h2-6,9H,7-8,16H2,1H3. The van der Waals surface area contributed by atoms with E-state index in [2.05, 4.69) is 4.98 Å². The van der Waals surface area contributed by atoms with E-state index in [4.69, 9.17) is 10.5 Å². The van der Waals surface area contributed by atoms with E-state index in [1.807, 2.05) is 36.6 Å². The normalized spacial score (nSPS) is 11.0. The number of aromatic nitrogens is 2. The molecule has 0 saturated heterocycles. The first-order valence-corrected chi connectivity index (χ1v) is 7.44. The van der Waals surface area contributed by atoms with Crippen LogP contribution in [0.25, 0.3) is 4.96 Å². The number of ether oxygens (including phenoxy) is 1. The highest BCUT2D eigenvalue weighted by Crippen LogP contribution is 2.15. The first-order valence-electron chi connectivity index (χ1n) is 6.56. The molecule has 0 radical (unpaired) electrons. The van der Waals surface area contributed by atoms with Crippen LogP contribution in [0.5, 0.6) is 5.75 Å². The van der Waals surface area contributed by atoms with Gasteiger partial charge in [-0.25, -0.2) is 4.98 Å². The minimum Gasteiger partial charge on any atom is -0.487 e. The van der Waals surface area contributed by atoms with Crippen molar-refractivity contribution in [2.24, 2.45) is 5.73 Å². The largest absolute Gasteiger partial charge is 0.487 e. The molecule has 6 heteroatoms. The number of fused-ring (bicyclic) bond motifs is 1. The molecule has 0 unspecified atom stereocenters. The fourth-order valence-electron chi connectivity index (χ4n) is 2.05. The zero-order valence-corrected chi connectivity index (χ0v) is 12.4. The molecule has 3 aromatic rings. The Hall–Kier alpha value is -2.18. The molecule has 0 aliphatic rings. The van der Waals surface area contributed by atoms with E-state index in [0.29, 0.717) is 17.2 Å². The van der Waals surface area contributed by atoms with E-state index in [1.165, 1.54) is 17.4 Å². The monoisotopic (exact) mass is 301 g/mol. The maximum Gasteiger partial charge on any atom is 0.259 e. The van der Waals surface area contributed by atoms with E-state index in [9.17, 15) is 4.79 Å². The van der Waals surface area contributed by atoms with Gasteiger partial charge in [0.15, 0.2) is 4.96 Å². The minimum absolute atomic E-state index is 0.0733. The van der Waals surface area contributed by atoms with Gasteiger partial charge in [0.2, 0.25) is 0 Å². The Morgan fingerprint density at radius 1 is 1.33 bits per heavy atom. The molecule has 108 valence electrons. The fourth-order valence-corrected chi connectivity index (χ4v) is 2.94. The van der Waals surface area contributed by atoms with Gasteiger partial charge in [-0.1, -0.05) is 12.1 Å². The van der Waals surface area contributed by atoms with E-state index in [1.54, 1.807) is 4.40 Å². The third kappa shape index (κ3) is 2.81. The van der Waals surface area contributed by atoms with E-state index < -0.39 is 0 Å². The second-order valence-electron chi connectivity index (χ2n) is 4.72. The summed E-state index contributed by atoms with van der Waals surface area (Å²) in [6.45, 7) is 2.67. The second kappa shape index (κ2) is 5.67. The SMILES string of the molecule is Cc1csc2nc(COc3ccc(CN)cc3)cc(=O)n12. The van der Waals surface area contributed by atoms with Crippen LogP contribution in [-0.4, -0.2) is 9.38 Å². The highest BCUT2D eigenvalue weighted by Gasteiger charge is 2.07. The predicted molar refractivity (Wildman–Crippen MR) is 82.7 cm³/mol. The summed E-state index contributed by atoms with van der Waals surface area (Å²) < 4.78 is 7.26.